The SMILES string of the molecule is COc1ccc(N2C(=O)NC3CC(C(=O)NCCc4ccc(Cl)cc4)CCC3C2=O)c(OC)c1. The van der Waals surface area contributed by atoms with Crippen molar-refractivity contribution in [3.05, 3.63) is 53.1 Å². The smallest absolute Gasteiger partial charge is 0.329 e. The number of hydrogen-bond acceptors (Lipinski definition) is 5. The second kappa shape index (κ2) is 10.3. The lowest BCUT2D eigenvalue weighted by molar-refractivity contribution is -0.130. The van der Waals surface area contributed by atoms with E-state index in [1.807, 2.05) is 24.3 Å². The summed E-state index contributed by atoms with van der Waals surface area (Å²) in [6.45, 7) is 0.515. The van der Waals surface area contributed by atoms with Crippen LogP contribution in [0.15, 0.2) is 42.5 Å². The zero-order chi connectivity index (χ0) is 24.2. The van der Waals surface area contributed by atoms with E-state index in [0.717, 1.165) is 10.5 Å². The fourth-order valence-electron chi connectivity index (χ4n) is 4.68. The van der Waals surface area contributed by atoms with Crippen LogP contribution in [0.3, 0.4) is 0 Å². The highest BCUT2D eigenvalue weighted by atomic mass is 35.5. The Morgan fingerprint density at radius 3 is 2.59 bits per heavy atom. The van der Waals surface area contributed by atoms with Crippen molar-refractivity contribution in [2.45, 2.75) is 31.7 Å². The van der Waals surface area contributed by atoms with Gasteiger partial charge in [0.25, 0.3) is 0 Å². The van der Waals surface area contributed by atoms with Gasteiger partial charge in [0.05, 0.1) is 25.8 Å². The molecule has 0 radical (unpaired) electrons. The number of carbonyl (C=O) groups is 3. The number of amides is 4. The summed E-state index contributed by atoms with van der Waals surface area (Å²) in [6.07, 6.45) is 2.25. The Morgan fingerprint density at radius 1 is 1.12 bits per heavy atom. The zero-order valence-corrected chi connectivity index (χ0v) is 19.9. The van der Waals surface area contributed by atoms with Gasteiger partial charge in [0.2, 0.25) is 11.8 Å². The van der Waals surface area contributed by atoms with Gasteiger partial charge in [-0.25, -0.2) is 9.69 Å². The first kappa shape index (κ1) is 23.9. The van der Waals surface area contributed by atoms with E-state index in [-0.39, 0.29) is 29.7 Å². The molecule has 0 aromatic heterocycles. The molecular weight excluding hydrogens is 458 g/mol. The molecule has 2 aromatic carbocycles. The maximum absolute atomic E-state index is 13.3. The van der Waals surface area contributed by atoms with Crippen LogP contribution < -0.4 is 25.0 Å². The van der Waals surface area contributed by atoms with Gasteiger partial charge < -0.3 is 20.1 Å². The van der Waals surface area contributed by atoms with Crippen LogP contribution in [0.1, 0.15) is 24.8 Å². The van der Waals surface area contributed by atoms with E-state index in [1.54, 1.807) is 18.2 Å². The lowest BCUT2D eigenvalue weighted by Crippen LogP contribution is -2.62. The molecular formula is C25H28ClN3O5. The lowest BCUT2D eigenvalue weighted by atomic mass is 9.76. The van der Waals surface area contributed by atoms with Gasteiger partial charge in [0, 0.05) is 29.6 Å². The first-order valence-electron chi connectivity index (χ1n) is 11.3. The Labute approximate surface area is 203 Å². The van der Waals surface area contributed by atoms with E-state index in [9.17, 15) is 14.4 Å². The second-order valence-electron chi connectivity index (χ2n) is 8.55. The molecule has 1 aliphatic heterocycles. The largest absolute Gasteiger partial charge is 0.497 e. The van der Waals surface area contributed by atoms with Crippen LogP contribution in [0.5, 0.6) is 11.5 Å². The van der Waals surface area contributed by atoms with Gasteiger partial charge in [-0.3, -0.25) is 9.59 Å². The van der Waals surface area contributed by atoms with Crippen molar-refractivity contribution in [1.82, 2.24) is 10.6 Å². The Bertz CT molecular complexity index is 1070. The fraction of sp³-hybridized carbons (Fsp3) is 0.400. The van der Waals surface area contributed by atoms with Crippen LogP contribution in [0.2, 0.25) is 5.02 Å². The fourth-order valence-corrected chi connectivity index (χ4v) is 4.80. The number of urea groups is 1. The first-order chi connectivity index (χ1) is 16.4. The zero-order valence-electron chi connectivity index (χ0n) is 19.2. The lowest BCUT2D eigenvalue weighted by Gasteiger charge is -2.42. The molecule has 9 heteroatoms. The molecule has 1 heterocycles. The summed E-state index contributed by atoms with van der Waals surface area (Å²) in [5.74, 6) is -0.0302. The molecule has 2 fully saturated rings. The molecule has 2 N–H and O–H groups in total. The topological polar surface area (TPSA) is 97.0 Å². The van der Waals surface area contributed by atoms with Gasteiger partial charge in [0.15, 0.2) is 0 Å². The minimum absolute atomic E-state index is 0.0478. The molecule has 2 aliphatic rings. The summed E-state index contributed by atoms with van der Waals surface area (Å²) < 4.78 is 10.6. The van der Waals surface area contributed by atoms with Crippen molar-refractivity contribution < 1.29 is 23.9 Å². The average Bonchev–Trinajstić information content (AvgIpc) is 2.85. The normalized spacial score (nSPS) is 22.0. The number of ether oxygens (including phenoxy) is 2. The number of anilines is 1. The van der Waals surface area contributed by atoms with Gasteiger partial charge in [-0.2, -0.15) is 0 Å². The van der Waals surface area contributed by atoms with Crippen LogP contribution in [-0.2, 0) is 16.0 Å². The van der Waals surface area contributed by atoms with Crippen molar-refractivity contribution in [1.29, 1.82) is 0 Å². The van der Waals surface area contributed by atoms with Crippen molar-refractivity contribution in [3.63, 3.8) is 0 Å². The van der Waals surface area contributed by atoms with E-state index in [1.165, 1.54) is 14.2 Å². The number of imide groups is 1. The standard InChI is InChI=1S/C25H28ClN3O5/c1-33-18-8-10-21(22(14-18)34-2)29-24(31)19-9-5-16(13-20(19)28-25(29)32)23(30)27-12-11-15-3-6-17(26)7-4-15/h3-4,6-8,10,14,16,19-20H,5,9,11-13H2,1-2H3,(H,27,30)(H,28,32). The molecule has 0 spiro atoms. The molecule has 0 bridgehead atoms. The number of rotatable bonds is 7. The van der Waals surface area contributed by atoms with Crippen LogP contribution in [-0.4, -0.2) is 44.7 Å². The second-order valence-corrected chi connectivity index (χ2v) is 8.99. The summed E-state index contributed by atoms with van der Waals surface area (Å²) in [4.78, 5) is 40.1. The summed E-state index contributed by atoms with van der Waals surface area (Å²) in [6, 6.07) is 11.6. The summed E-state index contributed by atoms with van der Waals surface area (Å²) in [5, 5.41) is 6.60. The summed E-state index contributed by atoms with van der Waals surface area (Å²) in [7, 11) is 3.01. The minimum atomic E-state index is -0.515. The first-order valence-corrected chi connectivity index (χ1v) is 11.7. The Hall–Kier alpha value is -3.26. The van der Waals surface area contributed by atoms with E-state index in [0.29, 0.717) is 54.4 Å². The van der Waals surface area contributed by atoms with Gasteiger partial charge in [-0.1, -0.05) is 23.7 Å². The third-order valence-electron chi connectivity index (χ3n) is 6.52. The van der Waals surface area contributed by atoms with Crippen LogP contribution in [0.25, 0.3) is 0 Å². The number of nitrogens with zero attached hydrogens (tertiary/aromatic N) is 1. The van der Waals surface area contributed by atoms with Gasteiger partial charge in [0.1, 0.15) is 11.5 Å². The van der Waals surface area contributed by atoms with E-state index in [4.69, 9.17) is 21.1 Å². The number of methoxy groups -OCH3 is 2. The van der Waals surface area contributed by atoms with Gasteiger partial charge in [-0.15, -0.1) is 0 Å². The number of benzene rings is 2. The maximum atomic E-state index is 13.3. The van der Waals surface area contributed by atoms with Crippen molar-refractivity contribution in [2.75, 3.05) is 25.7 Å². The van der Waals surface area contributed by atoms with Crippen molar-refractivity contribution in [3.8, 4) is 11.5 Å². The predicted octanol–water partition coefficient (Wildman–Crippen LogP) is 3.56. The number of carbonyl (C=O) groups excluding carboxylic acids is 3. The van der Waals surface area contributed by atoms with E-state index < -0.39 is 6.03 Å². The van der Waals surface area contributed by atoms with E-state index in [2.05, 4.69) is 10.6 Å². The minimum Gasteiger partial charge on any atom is -0.497 e. The molecule has 1 saturated heterocycles. The molecule has 4 rings (SSSR count). The third-order valence-corrected chi connectivity index (χ3v) is 6.78. The van der Waals surface area contributed by atoms with Crippen LogP contribution in [0.4, 0.5) is 10.5 Å². The molecule has 1 saturated carbocycles. The maximum Gasteiger partial charge on any atom is 0.329 e. The van der Waals surface area contributed by atoms with Gasteiger partial charge in [-0.05, 0) is 55.5 Å². The molecule has 2 aromatic rings. The molecule has 4 amide bonds. The van der Waals surface area contributed by atoms with Crippen LogP contribution >= 0.6 is 11.6 Å². The van der Waals surface area contributed by atoms with Gasteiger partial charge >= 0.3 is 6.03 Å². The summed E-state index contributed by atoms with van der Waals surface area (Å²) in [5.41, 5.74) is 1.46. The highest BCUT2D eigenvalue weighted by molar-refractivity contribution is 6.30. The molecule has 3 atom stereocenters. The average molecular weight is 486 g/mol. The predicted molar refractivity (Wildman–Crippen MR) is 128 cm³/mol. The highest BCUT2D eigenvalue weighted by Crippen LogP contribution is 2.38. The quantitative estimate of drug-likeness (QED) is 0.625. The molecule has 34 heavy (non-hydrogen) atoms. The van der Waals surface area contributed by atoms with Crippen LogP contribution in [0, 0.1) is 11.8 Å². The Balaban J connectivity index is 1.37. The molecule has 1 aliphatic carbocycles. The molecule has 8 nitrogen and oxygen atoms in total. The number of nitrogens with one attached hydrogen (secondary N) is 2. The Morgan fingerprint density at radius 2 is 1.88 bits per heavy atom. The number of fused-ring (bicyclic) bond motifs is 1. The number of halogens is 1. The van der Waals surface area contributed by atoms with E-state index >= 15 is 0 Å². The van der Waals surface area contributed by atoms with Crippen molar-refractivity contribution >= 4 is 35.1 Å². The third kappa shape index (κ3) is 4.97. The molecule has 180 valence electrons. The van der Waals surface area contributed by atoms with Crippen molar-refractivity contribution in [2.24, 2.45) is 11.8 Å². The Kier molecular flexibility index (Phi) is 7.26. The summed E-state index contributed by atoms with van der Waals surface area (Å²) >= 11 is 5.91. The number of hydrogen-bond donors (Lipinski definition) is 2. The monoisotopic (exact) mass is 485 g/mol. The molecule has 3 unspecified atom stereocenters. The highest BCUT2D eigenvalue weighted by Gasteiger charge is 2.46.